The lowest BCUT2D eigenvalue weighted by Crippen LogP contribution is -2.49. The summed E-state index contributed by atoms with van der Waals surface area (Å²) < 4.78 is 0. The van der Waals surface area contributed by atoms with Crippen molar-refractivity contribution in [3.8, 4) is 0 Å². The molecule has 1 heterocycles. The molecule has 1 aromatic rings. The molecule has 0 bridgehead atoms. The maximum atomic E-state index is 12.2. The molecule has 112 valence electrons. The third-order valence-electron chi connectivity index (χ3n) is 4.24. The van der Waals surface area contributed by atoms with Gasteiger partial charge in [0.15, 0.2) is 0 Å². The number of rotatable bonds is 4. The fourth-order valence-corrected chi connectivity index (χ4v) is 2.77. The quantitative estimate of drug-likeness (QED) is 0.866. The number of hydrogen-bond donors (Lipinski definition) is 1. The highest BCUT2D eigenvalue weighted by atomic mass is 16.4. The Kier molecular flexibility index (Phi) is 4.78. The first-order valence-electron chi connectivity index (χ1n) is 7.33. The summed E-state index contributed by atoms with van der Waals surface area (Å²) in [5.74, 6) is -0.910. The second kappa shape index (κ2) is 6.57. The number of carboxylic acids is 1. The van der Waals surface area contributed by atoms with Crippen LogP contribution in [0.3, 0.4) is 0 Å². The van der Waals surface area contributed by atoms with Crippen molar-refractivity contribution in [1.82, 2.24) is 4.90 Å². The van der Waals surface area contributed by atoms with E-state index in [-0.39, 0.29) is 5.91 Å². The summed E-state index contributed by atoms with van der Waals surface area (Å²) in [7, 11) is 0. The van der Waals surface area contributed by atoms with Crippen molar-refractivity contribution in [2.24, 2.45) is 5.41 Å². The van der Waals surface area contributed by atoms with Gasteiger partial charge >= 0.3 is 5.97 Å². The van der Waals surface area contributed by atoms with Gasteiger partial charge in [0.1, 0.15) is 0 Å². The number of benzene rings is 1. The molecule has 1 unspecified atom stereocenters. The third kappa shape index (κ3) is 3.51. The minimum absolute atomic E-state index is 0.113. The summed E-state index contributed by atoms with van der Waals surface area (Å²) in [5, 5.41) is 9.44. The van der Waals surface area contributed by atoms with Crippen molar-refractivity contribution in [1.29, 1.82) is 0 Å². The SMILES string of the molecule is CCC1(C(=O)O)CCCN(C(=O)C=Cc2ccccc2)C1. The number of carbonyl (C=O) groups is 2. The molecule has 0 radical (unpaired) electrons. The number of amides is 1. The summed E-state index contributed by atoms with van der Waals surface area (Å²) in [6.45, 7) is 2.81. The van der Waals surface area contributed by atoms with Gasteiger partial charge in [-0.25, -0.2) is 0 Å². The number of likely N-dealkylation sites (tertiary alicyclic amines) is 1. The third-order valence-corrected chi connectivity index (χ3v) is 4.24. The monoisotopic (exact) mass is 287 g/mol. The Morgan fingerprint density at radius 1 is 1.33 bits per heavy atom. The fourth-order valence-electron chi connectivity index (χ4n) is 2.77. The zero-order chi connectivity index (χ0) is 15.3. The van der Waals surface area contributed by atoms with E-state index in [1.165, 1.54) is 6.08 Å². The highest BCUT2D eigenvalue weighted by Crippen LogP contribution is 2.33. The number of hydrogen-bond acceptors (Lipinski definition) is 2. The molecule has 1 atom stereocenters. The van der Waals surface area contributed by atoms with E-state index in [0.29, 0.717) is 25.9 Å². The zero-order valence-electron chi connectivity index (χ0n) is 12.3. The number of piperidine rings is 1. The van der Waals surface area contributed by atoms with Crippen LogP contribution in [0.25, 0.3) is 6.08 Å². The fraction of sp³-hybridized carbons (Fsp3) is 0.412. The van der Waals surface area contributed by atoms with Crippen LogP contribution in [-0.4, -0.2) is 35.0 Å². The van der Waals surface area contributed by atoms with Gasteiger partial charge in [0.05, 0.1) is 5.41 Å². The van der Waals surface area contributed by atoms with E-state index in [0.717, 1.165) is 12.0 Å². The first-order chi connectivity index (χ1) is 10.1. The predicted molar refractivity (Wildman–Crippen MR) is 81.6 cm³/mol. The smallest absolute Gasteiger partial charge is 0.311 e. The van der Waals surface area contributed by atoms with Crippen LogP contribution in [-0.2, 0) is 9.59 Å². The van der Waals surface area contributed by atoms with Gasteiger partial charge in [0, 0.05) is 19.2 Å². The van der Waals surface area contributed by atoms with Crippen molar-refractivity contribution >= 4 is 18.0 Å². The lowest BCUT2D eigenvalue weighted by atomic mass is 9.77. The molecule has 1 aromatic carbocycles. The number of nitrogens with zero attached hydrogens (tertiary/aromatic N) is 1. The van der Waals surface area contributed by atoms with Crippen LogP contribution in [0.1, 0.15) is 31.7 Å². The number of carbonyl (C=O) groups excluding carboxylic acids is 1. The summed E-state index contributed by atoms with van der Waals surface area (Å²) in [5.41, 5.74) is 0.178. The predicted octanol–water partition coefficient (Wildman–Crippen LogP) is 2.80. The molecule has 1 saturated heterocycles. The van der Waals surface area contributed by atoms with Gasteiger partial charge in [-0.3, -0.25) is 9.59 Å². The molecular weight excluding hydrogens is 266 g/mol. The molecule has 0 aromatic heterocycles. The van der Waals surface area contributed by atoms with Gasteiger partial charge in [-0.2, -0.15) is 0 Å². The zero-order valence-corrected chi connectivity index (χ0v) is 12.3. The topological polar surface area (TPSA) is 57.6 Å². The van der Waals surface area contributed by atoms with Gasteiger partial charge in [-0.1, -0.05) is 37.3 Å². The van der Waals surface area contributed by atoms with Gasteiger partial charge in [-0.15, -0.1) is 0 Å². The molecule has 0 aliphatic carbocycles. The average Bonchev–Trinajstić information content (AvgIpc) is 2.53. The second-order valence-electron chi connectivity index (χ2n) is 5.55. The van der Waals surface area contributed by atoms with Crippen molar-refractivity contribution in [3.63, 3.8) is 0 Å². The van der Waals surface area contributed by atoms with Crippen molar-refractivity contribution in [2.45, 2.75) is 26.2 Å². The van der Waals surface area contributed by atoms with E-state index in [9.17, 15) is 14.7 Å². The van der Waals surface area contributed by atoms with E-state index in [1.807, 2.05) is 37.3 Å². The summed E-state index contributed by atoms with van der Waals surface area (Å²) in [6, 6.07) is 9.60. The lowest BCUT2D eigenvalue weighted by molar-refractivity contribution is -0.154. The van der Waals surface area contributed by atoms with Crippen LogP contribution in [0.15, 0.2) is 36.4 Å². The molecule has 4 nitrogen and oxygen atoms in total. The molecule has 0 saturated carbocycles. The van der Waals surface area contributed by atoms with Crippen molar-refractivity contribution < 1.29 is 14.7 Å². The van der Waals surface area contributed by atoms with Gasteiger partial charge in [0.25, 0.3) is 0 Å². The first kappa shape index (κ1) is 15.3. The van der Waals surface area contributed by atoms with Gasteiger partial charge in [-0.05, 0) is 30.9 Å². The molecule has 1 N–H and O–H groups in total. The molecule has 4 heteroatoms. The van der Waals surface area contributed by atoms with E-state index < -0.39 is 11.4 Å². The Bertz CT molecular complexity index is 538. The summed E-state index contributed by atoms with van der Waals surface area (Å²) in [6.07, 6.45) is 5.23. The average molecular weight is 287 g/mol. The van der Waals surface area contributed by atoms with Crippen LogP contribution >= 0.6 is 0 Å². The molecular formula is C17H21NO3. The minimum atomic E-state index is -0.797. The van der Waals surface area contributed by atoms with Crippen LogP contribution in [0.4, 0.5) is 0 Å². The molecule has 1 aliphatic rings. The van der Waals surface area contributed by atoms with Gasteiger partial charge < -0.3 is 10.0 Å². The Morgan fingerprint density at radius 3 is 2.67 bits per heavy atom. The van der Waals surface area contributed by atoms with Crippen LogP contribution in [0.5, 0.6) is 0 Å². The Morgan fingerprint density at radius 2 is 2.05 bits per heavy atom. The highest BCUT2D eigenvalue weighted by Gasteiger charge is 2.41. The van der Waals surface area contributed by atoms with Crippen molar-refractivity contribution in [2.75, 3.05) is 13.1 Å². The highest BCUT2D eigenvalue weighted by molar-refractivity contribution is 5.92. The summed E-state index contributed by atoms with van der Waals surface area (Å²) in [4.78, 5) is 25.4. The normalized spacial score (nSPS) is 22.4. The van der Waals surface area contributed by atoms with Crippen LogP contribution in [0, 0.1) is 5.41 Å². The Balaban J connectivity index is 2.06. The minimum Gasteiger partial charge on any atom is -0.481 e. The maximum absolute atomic E-state index is 12.2. The number of aliphatic carboxylic acids is 1. The van der Waals surface area contributed by atoms with Crippen LogP contribution < -0.4 is 0 Å². The van der Waals surface area contributed by atoms with E-state index in [4.69, 9.17) is 0 Å². The van der Waals surface area contributed by atoms with E-state index in [1.54, 1.807) is 11.0 Å². The van der Waals surface area contributed by atoms with Crippen molar-refractivity contribution in [3.05, 3.63) is 42.0 Å². The molecule has 0 spiro atoms. The lowest BCUT2D eigenvalue weighted by Gasteiger charge is -2.39. The Hall–Kier alpha value is -2.10. The number of carboxylic acid groups (broad SMARTS) is 1. The molecule has 1 aliphatic heterocycles. The molecule has 1 fully saturated rings. The Labute approximate surface area is 125 Å². The second-order valence-corrected chi connectivity index (χ2v) is 5.55. The first-order valence-corrected chi connectivity index (χ1v) is 7.33. The molecule has 1 amide bonds. The molecule has 2 rings (SSSR count). The largest absolute Gasteiger partial charge is 0.481 e. The van der Waals surface area contributed by atoms with E-state index in [2.05, 4.69) is 0 Å². The van der Waals surface area contributed by atoms with E-state index >= 15 is 0 Å². The summed E-state index contributed by atoms with van der Waals surface area (Å²) >= 11 is 0. The molecule has 21 heavy (non-hydrogen) atoms. The van der Waals surface area contributed by atoms with Gasteiger partial charge in [0.2, 0.25) is 5.91 Å². The van der Waals surface area contributed by atoms with Crippen LogP contribution in [0.2, 0.25) is 0 Å². The maximum Gasteiger partial charge on any atom is 0.311 e. The standard InChI is InChI=1S/C17H21NO3/c1-2-17(16(20)21)11-6-12-18(13-17)15(19)10-9-14-7-4-3-5-8-14/h3-5,7-10H,2,6,11-13H2,1H3,(H,20,21).